The summed E-state index contributed by atoms with van der Waals surface area (Å²) in [6, 6.07) is 5.80. The molecule has 2 rings (SSSR count). The number of alkyl halides is 3. The fraction of sp³-hybridized carbons (Fsp3) is 0.500. The van der Waals surface area contributed by atoms with Crippen LogP contribution in [0.25, 0.3) is 0 Å². The second-order valence-electron chi connectivity index (χ2n) is 4.14. The molecule has 1 N–H and O–H groups in total. The number of aliphatic hydroxyl groups is 1. The van der Waals surface area contributed by atoms with E-state index in [4.69, 9.17) is 9.84 Å². The zero-order valence-corrected chi connectivity index (χ0v) is 9.65. The van der Waals surface area contributed by atoms with E-state index in [9.17, 15) is 13.2 Å². The first-order chi connectivity index (χ1) is 8.48. The van der Waals surface area contributed by atoms with Crippen molar-refractivity contribution in [1.82, 2.24) is 0 Å². The van der Waals surface area contributed by atoms with Gasteiger partial charge in [0.25, 0.3) is 0 Å². The molecule has 0 radical (unpaired) electrons. The van der Waals surface area contributed by atoms with E-state index in [1.54, 1.807) is 12.1 Å². The number of anilines is 1. The number of nitrogens with zero attached hydrogens (tertiary/aromatic N) is 1. The van der Waals surface area contributed by atoms with Crippen LogP contribution < -0.4 is 4.90 Å². The van der Waals surface area contributed by atoms with Crippen molar-refractivity contribution in [2.75, 3.05) is 31.2 Å². The van der Waals surface area contributed by atoms with E-state index in [-0.39, 0.29) is 5.56 Å². The van der Waals surface area contributed by atoms with Gasteiger partial charge in [0.2, 0.25) is 0 Å². The second-order valence-corrected chi connectivity index (χ2v) is 4.14. The number of hydrogen-bond donors (Lipinski definition) is 1. The zero-order valence-electron chi connectivity index (χ0n) is 9.65. The fourth-order valence-corrected chi connectivity index (χ4v) is 1.88. The maximum absolute atomic E-state index is 12.3. The van der Waals surface area contributed by atoms with E-state index >= 15 is 0 Å². The Morgan fingerprint density at radius 1 is 1.11 bits per heavy atom. The Labute approximate surface area is 103 Å². The van der Waals surface area contributed by atoms with Crippen LogP contribution in [-0.2, 0) is 4.74 Å². The fourth-order valence-electron chi connectivity index (χ4n) is 1.88. The molecule has 1 atom stereocenters. The van der Waals surface area contributed by atoms with Crippen molar-refractivity contribution in [1.29, 1.82) is 0 Å². The van der Waals surface area contributed by atoms with Crippen molar-refractivity contribution in [3.05, 3.63) is 29.8 Å². The summed E-state index contributed by atoms with van der Waals surface area (Å²) in [7, 11) is 0. The molecule has 0 aliphatic carbocycles. The molecule has 1 aliphatic rings. The highest BCUT2D eigenvalue weighted by molar-refractivity contribution is 5.48. The van der Waals surface area contributed by atoms with Crippen LogP contribution in [-0.4, -0.2) is 37.6 Å². The molecular weight excluding hydrogens is 247 g/mol. The van der Waals surface area contributed by atoms with Crippen LogP contribution in [0.15, 0.2) is 24.3 Å². The van der Waals surface area contributed by atoms with E-state index < -0.39 is 12.3 Å². The van der Waals surface area contributed by atoms with Crippen LogP contribution in [0.1, 0.15) is 11.7 Å². The molecule has 0 amide bonds. The van der Waals surface area contributed by atoms with Crippen molar-refractivity contribution < 1.29 is 23.0 Å². The summed E-state index contributed by atoms with van der Waals surface area (Å²) in [6.45, 7) is 2.68. The van der Waals surface area contributed by atoms with Crippen molar-refractivity contribution in [2.45, 2.75) is 12.3 Å². The van der Waals surface area contributed by atoms with Gasteiger partial charge in [-0.3, -0.25) is 0 Å². The van der Waals surface area contributed by atoms with Gasteiger partial charge in [-0.1, -0.05) is 12.1 Å². The molecule has 1 aromatic rings. The lowest BCUT2D eigenvalue weighted by Crippen LogP contribution is -2.36. The third kappa shape index (κ3) is 2.94. The van der Waals surface area contributed by atoms with Crippen molar-refractivity contribution in [3.8, 4) is 0 Å². The molecule has 0 spiro atoms. The average molecular weight is 261 g/mol. The summed E-state index contributed by atoms with van der Waals surface area (Å²) < 4.78 is 42.1. The Kier molecular flexibility index (Phi) is 3.77. The predicted molar refractivity (Wildman–Crippen MR) is 60.5 cm³/mol. The molecule has 1 aliphatic heterocycles. The second kappa shape index (κ2) is 5.16. The van der Waals surface area contributed by atoms with E-state index in [0.717, 1.165) is 18.8 Å². The standard InChI is InChI=1S/C12H14F3NO2/c13-12(14,15)11(17)9-1-3-10(4-2-9)16-5-7-18-8-6-16/h1-4,11,17H,5-8H2/t11-/m0/s1. The van der Waals surface area contributed by atoms with Crippen molar-refractivity contribution >= 4 is 5.69 Å². The molecule has 1 saturated heterocycles. The number of rotatable bonds is 2. The minimum atomic E-state index is -4.62. The minimum Gasteiger partial charge on any atom is -0.379 e. The summed E-state index contributed by atoms with van der Waals surface area (Å²) in [5.41, 5.74) is 0.705. The lowest BCUT2D eigenvalue weighted by atomic mass is 10.1. The first-order valence-electron chi connectivity index (χ1n) is 5.66. The Morgan fingerprint density at radius 2 is 1.67 bits per heavy atom. The van der Waals surface area contributed by atoms with Crippen LogP contribution in [0.3, 0.4) is 0 Å². The van der Waals surface area contributed by atoms with Gasteiger partial charge < -0.3 is 14.7 Å². The zero-order chi connectivity index (χ0) is 13.2. The summed E-state index contributed by atoms with van der Waals surface area (Å²) in [5, 5.41) is 9.10. The highest BCUT2D eigenvalue weighted by Crippen LogP contribution is 2.33. The Balaban J connectivity index is 2.09. The minimum absolute atomic E-state index is 0.139. The molecular formula is C12H14F3NO2. The number of hydrogen-bond acceptors (Lipinski definition) is 3. The molecule has 1 heterocycles. The molecule has 100 valence electrons. The number of ether oxygens (including phenoxy) is 1. The Morgan fingerprint density at radius 3 is 2.17 bits per heavy atom. The topological polar surface area (TPSA) is 32.7 Å². The summed E-state index contributed by atoms with van der Waals surface area (Å²) in [5.74, 6) is 0. The molecule has 0 unspecified atom stereocenters. The van der Waals surface area contributed by atoms with E-state index in [0.29, 0.717) is 13.2 Å². The van der Waals surface area contributed by atoms with Gasteiger partial charge in [-0.05, 0) is 17.7 Å². The maximum atomic E-state index is 12.3. The molecule has 6 heteroatoms. The number of halogens is 3. The molecule has 0 bridgehead atoms. The summed E-state index contributed by atoms with van der Waals surface area (Å²) in [4.78, 5) is 2.03. The lowest BCUT2D eigenvalue weighted by molar-refractivity contribution is -0.206. The van der Waals surface area contributed by atoms with Gasteiger partial charge in [0, 0.05) is 18.8 Å². The lowest BCUT2D eigenvalue weighted by Gasteiger charge is -2.29. The average Bonchev–Trinajstić information content (AvgIpc) is 2.38. The summed E-state index contributed by atoms with van der Waals surface area (Å²) in [6.07, 6.45) is -7.04. The number of morpholine rings is 1. The van der Waals surface area contributed by atoms with E-state index in [2.05, 4.69) is 0 Å². The quantitative estimate of drug-likeness (QED) is 0.885. The van der Waals surface area contributed by atoms with Crippen LogP contribution >= 0.6 is 0 Å². The third-order valence-corrected chi connectivity index (χ3v) is 2.90. The van der Waals surface area contributed by atoms with Crippen molar-refractivity contribution in [2.24, 2.45) is 0 Å². The normalized spacial score (nSPS) is 18.8. The Bertz CT molecular complexity index is 385. The van der Waals surface area contributed by atoms with Crippen molar-refractivity contribution in [3.63, 3.8) is 0 Å². The Hall–Kier alpha value is -1.27. The first kappa shape index (κ1) is 13.2. The molecule has 18 heavy (non-hydrogen) atoms. The third-order valence-electron chi connectivity index (χ3n) is 2.90. The molecule has 0 aromatic heterocycles. The van der Waals surface area contributed by atoms with Gasteiger partial charge in [0.15, 0.2) is 6.10 Å². The molecule has 1 aromatic carbocycles. The van der Waals surface area contributed by atoms with E-state index in [1.165, 1.54) is 12.1 Å². The van der Waals surface area contributed by atoms with Gasteiger partial charge >= 0.3 is 6.18 Å². The highest BCUT2D eigenvalue weighted by atomic mass is 19.4. The first-order valence-corrected chi connectivity index (χ1v) is 5.66. The van der Waals surface area contributed by atoms with Crippen LogP contribution in [0, 0.1) is 0 Å². The van der Waals surface area contributed by atoms with Crippen LogP contribution in [0.4, 0.5) is 18.9 Å². The number of aliphatic hydroxyl groups excluding tert-OH is 1. The van der Waals surface area contributed by atoms with Gasteiger partial charge in [-0.2, -0.15) is 13.2 Å². The van der Waals surface area contributed by atoms with Gasteiger partial charge in [0.05, 0.1) is 13.2 Å². The molecule has 3 nitrogen and oxygen atoms in total. The largest absolute Gasteiger partial charge is 0.418 e. The van der Waals surface area contributed by atoms with Gasteiger partial charge in [-0.25, -0.2) is 0 Å². The molecule has 1 fully saturated rings. The van der Waals surface area contributed by atoms with Gasteiger partial charge in [0.1, 0.15) is 0 Å². The molecule has 0 saturated carbocycles. The highest BCUT2D eigenvalue weighted by Gasteiger charge is 2.39. The van der Waals surface area contributed by atoms with E-state index in [1.807, 2.05) is 4.90 Å². The smallest absolute Gasteiger partial charge is 0.379 e. The van der Waals surface area contributed by atoms with Gasteiger partial charge in [-0.15, -0.1) is 0 Å². The summed E-state index contributed by atoms with van der Waals surface area (Å²) >= 11 is 0. The SMILES string of the molecule is O[C@@H](c1ccc(N2CCOCC2)cc1)C(F)(F)F. The van der Waals surface area contributed by atoms with Crippen LogP contribution in [0.2, 0.25) is 0 Å². The van der Waals surface area contributed by atoms with Crippen LogP contribution in [0.5, 0.6) is 0 Å². The predicted octanol–water partition coefficient (Wildman–Crippen LogP) is 2.12. The number of benzene rings is 1. The maximum Gasteiger partial charge on any atom is 0.418 e. The monoisotopic (exact) mass is 261 g/mol.